The van der Waals surface area contributed by atoms with Crippen LogP contribution in [0.4, 0.5) is 15.5 Å². The van der Waals surface area contributed by atoms with E-state index in [0.717, 1.165) is 54.4 Å². The van der Waals surface area contributed by atoms with Gasteiger partial charge in [-0.3, -0.25) is 5.32 Å². The molecule has 0 saturated carbocycles. The summed E-state index contributed by atoms with van der Waals surface area (Å²) in [6, 6.07) is 7.56. The second-order valence-corrected chi connectivity index (χ2v) is 9.49. The van der Waals surface area contributed by atoms with E-state index in [1.54, 1.807) is 18.7 Å². The van der Waals surface area contributed by atoms with Crippen LogP contribution in [0.5, 0.6) is 0 Å². The average Bonchev–Trinajstić information content (AvgIpc) is 3.20. The van der Waals surface area contributed by atoms with E-state index < -0.39 is 0 Å². The number of nitrogens with one attached hydrogen (secondary N) is 2. The minimum Gasteiger partial charge on any atom is -0.462 e. The molecule has 164 valence electrons. The lowest BCUT2D eigenvalue weighted by molar-refractivity contribution is 0.0527. The predicted molar refractivity (Wildman–Crippen MR) is 130 cm³/mol. The number of urea groups is 1. The van der Waals surface area contributed by atoms with Gasteiger partial charge in [0.2, 0.25) is 0 Å². The number of aromatic nitrogens is 1. The van der Waals surface area contributed by atoms with Crippen molar-refractivity contribution >= 4 is 56.7 Å². The van der Waals surface area contributed by atoms with Crippen molar-refractivity contribution in [3.63, 3.8) is 0 Å². The summed E-state index contributed by atoms with van der Waals surface area (Å²) in [6.07, 6.45) is 9.24. The molecule has 0 fully saturated rings. The van der Waals surface area contributed by atoms with Gasteiger partial charge in [-0.05, 0) is 68.7 Å². The standard InChI is InChI=1S/C23H27N3O3S2/c1-3-29-22(27)20-17-7-5-4-6-8-19(17)31-21(20)25-23(28)24-16-9-10-18-15(13-16)11-12-26(18)14-30-2/h9-13H,3-8,14H2,1-2H3,(H2,24,25,28). The number of hydrogen-bond acceptors (Lipinski definition) is 5. The maximum Gasteiger partial charge on any atom is 0.341 e. The highest BCUT2D eigenvalue weighted by Crippen LogP contribution is 2.38. The highest BCUT2D eigenvalue weighted by Gasteiger charge is 2.26. The van der Waals surface area contributed by atoms with Crippen molar-refractivity contribution in [2.45, 2.75) is 44.9 Å². The Balaban J connectivity index is 1.54. The minimum atomic E-state index is -0.357. The van der Waals surface area contributed by atoms with Crippen molar-refractivity contribution in [2.24, 2.45) is 0 Å². The SMILES string of the molecule is CCOC(=O)c1c(NC(=O)Nc2ccc3c(ccn3CSC)c2)sc2c1CCCCC2. The van der Waals surface area contributed by atoms with Crippen molar-refractivity contribution in [3.05, 3.63) is 46.5 Å². The number of esters is 1. The van der Waals surface area contributed by atoms with Gasteiger partial charge in [0.05, 0.1) is 18.0 Å². The lowest BCUT2D eigenvalue weighted by atomic mass is 10.1. The summed E-state index contributed by atoms with van der Waals surface area (Å²) in [5, 5.41) is 7.46. The lowest BCUT2D eigenvalue weighted by Crippen LogP contribution is -2.20. The first-order valence-corrected chi connectivity index (χ1v) is 12.8. The zero-order chi connectivity index (χ0) is 21.8. The summed E-state index contributed by atoms with van der Waals surface area (Å²) in [7, 11) is 0. The number of nitrogens with zero attached hydrogens (tertiary/aromatic N) is 1. The molecule has 4 rings (SSSR count). The van der Waals surface area contributed by atoms with Crippen molar-refractivity contribution < 1.29 is 14.3 Å². The number of carbonyl (C=O) groups excluding carboxylic acids is 2. The Kier molecular flexibility index (Phi) is 6.87. The number of amides is 2. The number of rotatable bonds is 6. The number of thioether (sulfide) groups is 1. The molecule has 0 spiro atoms. The Morgan fingerprint density at radius 1 is 1.16 bits per heavy atom. The maximum atomic E-state index is 12.8. The number of thiophene rings is 1. The van der Waals surface area contributed by atoms with Crippen LogP contribution in [0.1, 0.15) is 47.0 Å². The number of anilines is 2. The van der Waals surface area contributed by atoms with Crippen LogP contribution in [-0.2, 0) is 23.5 Å². The van der Waals surface area contributed by atoms with Crippen LogP contribution in [0.15, 0.2) is 30.5 Å². The zero-order valence-electron chi connectivity index (χ0n) is 17.8. The molecule has 0 atom stereocenters. The molecule has 1 aromatic carbocycles. The van der Waals surface area contributed by atoms with Crippen LogP contribution in [0, 0.1) is 0 Å². The molecule has 3 aromatic rings. The molecule has 8 heteroatoms. The Morgan fingerprint density at radius 3 is 2.81 bits per heavy atom. The molecule has 0 radical (unpaired) electrons. The van der Waals surface area contributed by atoms with E-state index in [1.807, 2.05) is 24.3 Å². The second-order valence-electron chi connectivity index (χ2n) is 7.55. The third kappa shape index (κ3) is 4.75. The third-order valence-electron chi connectivity index (χ3n) is 5.42. The summed E-state index contributed by atoms with van der Waals surface area (Å²) in [4.78, 5) is 26.6. The lowest BCUT2D eigenvalue weighted by Gasteiger charge is -2.10. The second kappa shape index (κ2) is 9.78. The zero-order valence-corrected chi connectivity index (χ0v) is 19.5. The number of benzene rings is 1. The number of ether oxygens (including phenoxy) is 1. The van der Waals surface area contributed by atoms with Gasteiger partial charge in [-0.2, -0.15) is 0 Å². The van der Waals surface area contributed by atoms with Crippen LogP contribution in [0.25, 0.3) is 10.9 Å². The number of hydrogen-bond donors (Lipinski definition) is 2. The van der Waals surface area contributed by atoms with Gasteiger partial charge in [0.25, 0.3) is 0 Å². The van der Waals surface area contributed by atoms with Gasteiger partial charge in [0, 0.05) is 27.7 Å². The van der Waals surface area contributed by atoms with E-state index in [1.165, 1.54) is 16.2 Å². The molecule has 1 aliphatic carbocycles. The summed E-state index contributed by atoms with van der Waals surface area (Å²) >= 11 is 3.26. The fourth-order valence-electron chi connectivity index (χ4n) is 4.04. The first-order chi connectivity index (χ1) is 15.1. The topological polar surface area (TPSA) is 72.4 Å². The number of fused-ring (bicyclic) bond motifs is 2. The van der Waals surface area contributed by atoms with Gasteiger partial charge in [0.15, 0.2) is 0 Å². The van der Waals surface area contributed by atoms with Gasteiger partial charge >= 0.3 is 12.0 Å². The largest absolute Gasteiger partial charge is 0.462 e. The van der Waals surface area contributed by atoms with Gasteiger partial charge < -0.3 is 14.6 Å². The number of carbonyl (C=O) groups is 2. The van der Waals surface area contributed by atoms with Crippen molar-refractivity contribution in [3.8, 4) is 0 Å². The van der Waals surface area contributed by atoms with Gasteiger partial charge in [-0.15, -0.1) is 23.1 Å². The van der Waals surface area contributed by atoms with Crippen LogP contribution in [0.2, 0.25) is 0 Å². The molecular formula is C23H27N3O3S2. The van der Waals surface area contributed by atoms with Crippen molar-refractivity contribution in [1.82, 2.24) is 4.57 Å². The average molecular weight is 458 g/mol. The van der Waals surface area contributed by atoms with E-state index in [2.05, 4.69) is 27.7 Å². The maximum absolute atomic E-state index is 12.8. The molecule has 2 heterocycles. The third-order valence-corrected chi connectivity index (χ3v) is 7.17. The molecule has 2 aromatic heterocycles. The molecule has 1 aliphatic rings. The molecular weight excluding hydrogens is 430 g/mol. The van der Waals surface area contributed by atoms with Gasteiger partial charge in [-0.25, -0.2) is 9.59 Å². The van der Waals surface area contributed by atoms with Crippen LogP contribution in [-0.4, -0.2) is 29.4 Å². The monoisotopic (exact) mass is 457 g/mol. The summed E-state index contributed by atoms with van der Waals surface area (Å²) < 4.78 is 7.47. The smallest absolute Gasteiger partial charge is 0.341 e. The summed E-state index contributed by atoms with van der Waals surface area (Å²) in [5.74, 6) is 0.532. The Morgan fingerprint density at radius 2 is 2.00 bits per heavy atom. The van der Waals surface area contributed by atoms with Crippen molar-refractivity contribution in [2.75, 3.05) is 23.5 Å². The highest BCUT2D eigenvalue weighted by atomic mass is 32.2. The fraction of sp³-hybridized carbons (Fsp3) is 0.391. The van der Waals surface area contributed by atoms with Gasteiger partial charge in [0.1, 0.15) is 5.00 Å². The Bertz CT molecular complexity index is 1100. The molecule has 31 heavy (non-hydrogen) atoms. The molecule has 6 nitrogen and oxygen atoms in total. The van der Waals surface area contributed by atoms with Crippen LogP contribution >= 0.6 is 23.1 Å². The first kappa shape index (κ1) is 21.8. The minimum absolute atomic E-state index is 0.311. The number of aryl methyl sites for hydroxylation is 1. The van der Waals surface area contributed by atoms with Crippen LogP contribution < -0.4 is 10.6 Å². The molecule has 2 N–H and O–H groups in total. The van der Waals surface area contributed by atoms with E-state index >= 15 is 0 Å². The molecule has 2 amide bonds. The Labute approximate surface area is 190 Å². The first-order valence-electron chi connectivity index (χ1n) is 10.6. The van der Waals surface area contributed by atoms with E-state index in [-0.39, 0.29) is 12.0 Å². The van der Waals surface area contributed by atoms with E-state index in [4.69, 9.17) is 4.74 Å². The summed E-state index contributed by atoms with van der Waals surface area (Å²) in [5.41, 5.74) is 3.42. The van der Waals surface area contributed by atoms with E-state index in [9.17, 15) is 9.59 Å². The van der Waals surface area contributed by atoms with E-state index in [0.29, 0.717) is 22.9 Å². The molecule has 0 aliphatic heterocycles. The Hall–Kier alpha value is -2.45. The van der Waals surface area contributed by atoms with Crippen molar-refractivity contribution in [1.29, 1.82) is 0 Å². The van der Waals surface area contributed by atoms with Gasteiger partial charge in [-0.1, -0.05) is 6.42 Å². The predicted octanol–water partition coefficient (Wildman–Crippen LogP) is 6.11. The highest BCUT2D eigenvalue weighted by molar-refractivity contribution is 7.97. The quantitative estimate of drug-likeness (QED) is 0.346. The normalized spacial score (nSPS) is 13.5. The molecule has 0 bridgehead atoms. The molecule has 0 unspecified atom stereocenters. The van der Waals surface area contributed by atoms with Crippen LogP contribution in [0.3, 0.4) is 0 Å². The summed E-state index contributed by atoms with van der Waals surface area (Å²) in [6.45, 7) is 2.11. The fourth-order valence-corrected chi connectivity index (χ4v) is 5.82. The molecule has 0 saturated heterocycles.